The molecule has 1 amide bonds. The summed E-state index contributed by atoms with van der Waals surface area (Å²) in [5, 5.41) is 2.55. The van der Waals surface area contributed by atoms with Crippen molar-refractivity contribution in [2.45, 2.75) is 13.5 Å². The van der Waals surface area contributed by atoms with Crippen molar-refractivity contribution in [3.05, 3.63) is 81.4 Å². The van der Waals surface area contributed by atoms with Gasteiger partial charge in [-0.3, -0.25) is 4.79 Å². The van der Waals surface area contributed by atoms with Crippen molar-refractivity contribution < 1.29 is 13.9 Å². The molecule has 6 nitrogen and oxygen atoms in total. The summed E-state index contributed by atoms with van der Waals surface area (Å²) in [7, 11) is 0. The highest BCUT2D eigenvalue weighted by Crippen LogP contribution is 2.28. The number of rotatable bonds is 4. The van der Waals surface area contributed by atoms with Crippen LogP contribution in [0.3, 0.4) is 0 Å². The quantitative estimate of drug-likeness (QED) is 0.223. The molecule has 162 valence electrons. The van der Waals surface area contributed by atoms with Gasteiger partial charge in [-0.2, -0.15) is 4.99 Å². The Morgan fingerprint density at radius 2 is 2.00 bits per heavy atom. The number of thiazole rings is 1. The molecule has 0 saturated heterocycles. The highest BCUT2D eigenvalue weighted by atomic mass is 32.1. The monoisotopic (exact) mass is 454 g/mol. The molecular formula is C26H18N2O4S. The van der Waals surface area contributed by atoms with Gasteiger partial charge in [-0.15, -0.1) is 6.42 Å². The van der Waals surface area contributed by atoms with E-state index in [1.165, 1.54) is 11.3 Å². The fraction of sp³-hybridized carbons (Fsp3) is 0.115. The van der Waals surface area contributed by atoms with E-state index in [0.29, 0.717) is 28.1 Å². The highest BCUT2D eigenvalue weighted by molar-refractivity contribution is 7.16. The zero-order valence-electron chi connectivity index (χ0n) is 17.7. The third kappa shape index (κ3) is 3.60. The summed E-state index contributed by atoms with van der Waals surface area (Å²) in [5.41, 5.74) is 0.325. The number of benzene rings is 3. The molecular weight excluding hydrogens is 436 g/mol. The first-order chi connectivity index (χ1) is 16.1. The molecule has 0 aliphatic rings. The molecule has 0 unspecified atom stereocenters. The summed E-state index contributed by atoms with van der Waals surface area (Å²) in [5.74, 6) is 2.58. The first-order valence-electron chi connectivity index (χ1n) is 10.3. The Hall–Kier alpha value is -4.15. The molecule has 0 spiro atoms. The van der Waals surface area contributed by atoms with Crippen molar-refractivity contribution in [3.8, 4) is 18.1 Å². The number of fused-ring (bicyclic) bond motifs is 4. The molecule has 0 fully saturated rings. The lowest BCUT2D eigenvalue weighted by Gasteiger charge is -2.07. The molecule has 0 N–H and O–H groups in total. The first-order valence-corrected chi connectivity index (χ1v) is 11.2. The molecule has 2 aromatic heterocycles. The lowest BCUT2D eigenvalue weighted by molar-refractivity contribution is 0.0994. The van der Waals surface area contributed by atoms with Crippen LogP contribution in [0.15, 0.2) is 74.9 Å². The topological polar surface area (TPSA) is 73.8 Å². The number of para-hydroxylation sites is 1. The normalized spacial score (nSPS) is 11.8. The van der Waals surface area contributed by atoms with Crippen LogP contribution in [0.5, 0.6) is 5.75 Å². The lowest BCUT2D eigenvalue weighted by atomic mass is 10.0. The van der Waals surface area contributed by atoms with E-state index < -0.39 is 11.5 Å². The van der Waals surface area contributed by atoms with Gasteiger partial charge in [-0.1, -0.05) is 53.7 Å². The summed E-state index contributed by atoms with van der Waals surface area (Å²) < 4.78 is 13.8. The Bertz CT molecular complexity index is 1720. The van der Waals surface area contributed by atoms with Gasteiger partial charge in [0, 0.05) is 5.39 Å². The molecule has 0 aliphatic heterocycles. The predicted octanol–water partition coefficient (Wildman–Crippen LogP) is 4.74. The molecule has 0 bridgehead atoms. The number of hydrogen-bond acceptors (Lipinski definition) is 5. The van der Waals surface area contributed by atoms with E-state index in [1.807, 2.05) is 55.5 Å². The summed E-state index contributed by atoms with van der Waals surface area (Å²) >= 11 is 1.31. The average Bonchev–Trinajstić information content (AvgIpc) is 3.16. The Balaban J connectivity index is 1.71. The van der Waals surface area contributed by atoms with Gasteiger partial charge in [-0.05, 0) is 42.0 Å². The Kier molecular flexibility index (Phi) is 5.29. The van der Waals surface area contributed by atoms with Crippen molar-refractivity contribution >= 4 is 49.2 Å². The number of aromatic nitrogens is 1. The minimum absolute atomic E-state index is 0.131. The number of amides is 1. The maximum absolute atomic E-state index is 13.1. The zero-order chi connectivity index (χ0) is 22.9. The van der Waals surface area contributed by atoms with E-state index >= 15 is 0 Å². The molecule has 2 heterocycles. The molecule has 0 aliphatic carbocycles. The number of carbonyl (C=O) groups is 1. The molecule has 3 aromatic carbocycles. The molecule has 0 radical (unpaired) electrons. The van der Waals surface area contributed by atoms with Gasteiger partial charge in [0.05, 0.1) is 17.9 Å². The standard InChI is InChI=1S/C26H18N2O4S/c1-3-14-28-23-21(31-4-2)10-7-11-22(23)33-26(28)27-24(29)19-15-18-17-9-6-5-8-16(17)12-13-20(18)32-25(19)30/h1,5-13,15H,4,14H2,2H3. The van der Waals surface area contributed by atoms with E-state index in [-0.39, 0.29) is 12.1 Å². The number of nitrogens with zero attached hydrogens (tertiary/aromatic N) is 2. The van der Waals surface area contributed by atoms with Crippen molar-refractivity contribution in [3.63, 3.8) is 0 Å². The van der Waals surface area contributed by atoms with Gasteiger partial charge < -0.3 is 13.7 Å². The second-order valence-electron chi connectivity index (χ2n) is 7.27. The number of terminal acetylenes is 1. The van der Waals surface area contributed by atoms with E-state index in [1.54, 1.807) is 16.7 Å². The van der Waals surface area contributed by atoms with Crippen LogP contribution >= 0.6 is 11.3 Å². The second-order valence-corrected chi connectivity index (χ2v) is 8.28. The largest absolute Gasteiger partial charge is 0.492 e. The van der Waals surface area contributed by atoms with Gasteiger partial charge in [-0.25, -0.2) is 4.79 Å². The van der Waals surface area contributed by atoms with Gasteiger partial charge in [0.25, 0.3) is 5.91 Å². The Morgan fingerprint density at radius 1 is 1.15 bits per heavy atom. The van der Waals surface area contributed by atoms with Gasteiger partial charge in [0.2, 0.25) is 0 Å². The van der Waals surface area contributed by atoms with Gasteiger partial charge in [0.15, 0.2) is 4.80 Å². The van der Waals surface area contributed by atoms with Crippen molar-refractivity contribution in [2.24, 2.45) is 4.99 Å². The average molecular weight is 455 g/mol. The number of hydrogen-bond donors (Lipinski definition) is 0. The summed E-state index contributed by atoms with van der Waals surface area (Å²) in [6.07, 6.45) is 5.59. The van der Waals surface area contributed by atoms with Crippen LogP contribution in [0.1, 0.15) is 17.3 Å². The van der Waals surface area contributed by atoms with E-state index in [9.17, 15) is 9.59 Å². The zero-order valence-corrected chi connectivity index (χ0v) is 18.5. The molecule has 5 aromatic rings. The van der Waals surface area contributed by atoms with Crippen molar-refractivity contribution in [1.29, 1.82) is 0 Å². The van der Waals surface area contributed by atoms with Crippen LogP contribution in [-0.2, 0) is 6.54 Å². The van der Waals surface area contributed by atoms with E-state index in [2.05, 4.69) is 10.9 Å². The van der Waals surface area contributed by atoms with Gasteiger partial charge in [0.1, 0.15) is 22.4 Å². The van der Waals surface area contributed by atoms with Crippen LogP contribution in [0.4, 0.5) is 0 Å². The minimum atomic E-state index is -0.730. The SMILES string of the molecule is C#CCn1c(=NC(=O)c2cc3c(ccc4ccccc43)oc2=O)sc2cccc(OCC)c21. The Labute approximate surface area is 192 Å². The van der Waals surface area contributed by atoms with E-state index in [4.69, 9.17) is 15.6 Å². The van der Waals surface area contributed by atoms with Crippen LogP contribution in [0.2, 0.25) is 0 Å². The van der Waals surface area contributed by atoms with E-state index in [0.717, 1.165) is 21.0 Å². The second kappa shape index (κ2) is 8.41. The maximum atomic E-state index is 13.1. The van der Waals surface area contributed by atoms with Crippen LogP contribution in [-0.4, -0.2) is 17.1 Å². The minimum Gasteiger partial charge on any atom is -0.492 e. The maximum Gasteiger partial charge on any atom is 0.349 e. The predicted molar refractivity (Wildman–Crippen MR) is 130 cm³/mol. The molecule has 7 heteroatoms. The fourth-order valence-corrected chi connectivity index (χ4v) is 4.91. The summed E-state index contributed by atoms with van der Waals surface area (Å²) in [4.78, 5) is 30.4. The third-order valence-electron chi connectivity index (χ3n) is 5.28. The van der Waals surface area contributed by atoms with Crippen LogP contribution < -0.4 is 15.2 Å². The molecule has 0 saturated carbocycles. The first kappa shape index (κ1) is 20.7. The van der Waals surface area contributed by atoms with Crippen molar-refractivity contribution in [2.75, 3.05) is 6.61 Å². The van der Waals surface area contributed by atoms with Crippen LogP contribution in [0.25, 0.3) is 32.0 Å². The van der Waals surface area contributed by atoms with Crippen LogP contribution in [0, 0.1) is 12.3 Å². The fourth-order valence-electron chi connectivity index (χ4n) is 3.86. The Morgan fingerprint density at radius 3 is 2.82 bits per heavy atom. The number of carbonyl (C=O) groups excluding carboxylic acids is 1. The molecule has 0 atom stereocenters. The van der Waals surface area contributed by atoms with Crippen molar-refractivity contribution in [1.82, 2.24) is 4.57 Å². The molecule has 5 rings (SSSR count). The lowest BCUT2D eigenvalue weighted by Crippen LogP contribution is -2.19. The number of ether oxygens (including phenoxy) is 1. The molecule has 33 heavy (non-hydrogen) atoms. The summed E-state index contributed by atoms with van der Waals surface area (Å²) in [6.45, 7) is 2.59. The highest BCUT2D eigenvalue weighted by Gasteiger charge is 2.17. The summed E-state index contributed by atoms with van der Waals surface area (Å²) in [6, 6.07) is 18.5. The van der Waals surface area contributed by atoms with Gasteiger partial charge >= 0.3 is 5.63 Å². The third-order valence-corrected chi connectivity index (χ3v) is 6.33. The smallest absolute Gasteiger partial charge is 0.349 e.